The summed E-state index contributed by atoms with van der Waals surface area (Å²) < 4.78 is 5.93. The molecule has 0 fully saturated rings. The predicted molar refractivity (Wildman–Crippen MR) is 80.5 cm³/mol. The van der Waals surface area contributed by atoms with Crippen LogP contribution in [0.2, 0.25) is 0 Å². The van der Waals surface area contributed by atoms with E-state index >= 15 is 0 Å². The van der Waals surface area contributed by atoms with Crippen LogP contribution in [0.4, 0.5) is 0 Å². The van der Waals surface area contributed by atoms with E-state index in [1.807, 2.05) is 18.2 Å². The van der Waals surface area contributed by atoms with Gasteiger partial charge in [0.1, 0.15) is 23.0 Å². The summed E-state index contributed by atoms with van der Waals surface area (Å²) in [6.07, 6.45) is 2.65. The molecule has 4 nitrogen and oxygen atoms in total. The van der Waals surface area contributed by atoms with Crippen LogP contribution in [0, 0.1) is 5.41 Å². The van der Waals surface area contributed by atoms with Gasteiger partial charge in [-0.25, -0.2) is 0 Å². The molecule has 0 spiro atoms. The third kappa shape index (κ3) is 3.15. The van der Waals surface area contributed by atoms with Gasteiger partial charge < -0.3 is 10.5 Å². The maximum atomic E-state index is 7.41. The highest BCUT2D eigenvalue weighted by Crippen LogP contribution is 2.31. The summed E-state index contributed by atoms with van der Waals surface area (Å²) in [6, 6.07) is 11.4. The Hall–Kier alpha value is -2.36. The molecule has 104 valence electrons. The first-order chi connectivity index (χ1) is 9.61. The molecule has 1 heterocycles. The number of nitrogens with one attached hydrogen (secondary N) is 1. The van der Waals surface area contributed by atoms with Crippen molar-refractivity contribution in [1.82, 2.24) is 4.98 Å². The molecule has 20 heavy (non-hydrogen) atoms. The number of nitrogens with zero attached hydrogens (tertiary/aromatic N) is 1. The fourth-order valence-corrected chi connectivity index (χ4v) is 1.95. The van der Waals surface area contributed by atoms with Crippen LogP contribution in [0.15, 0.2) is 42.6 Å². The lowest BCUT2D eigenvalue weighted by atomic mass is 9.98. The van der Waals surface area contributed by atoms with Gasteiger partial charge in [0.2, 0.25) is 0 Å². The smallest absolute Gasteiger partial charge is 0.141 e. The number of pyridine rings is 1. The van der Waals surface area contributed by atoms with Crippen LogP contribution >= 0.6 is 0 Å². The van der Waals surface area contributed by atoms with Crippen LogP contribution < -0.4 is 10.5 Å². The molecule has 0 aliphatic carbocycles. The second-order valence-corrected chi connectivity index (χ2v) is 4.74. The van der Waals surface area contributed by atoms with Crippen LogP contribution in [0.5, 0.6) is 11.5 Å². The van der Waals surface area contributed by atoms with Crippen LogP contribution in [0.3, 0.4) is 0 Å². The van der Waals surface area contributed by atoms with E-state index < -0.39 is 0 Å². The molecule has 2 aromatic rings. The van der Waals surface area contributed by atoms with E-state index in [0.29, 0.717) is 17.4 Å². The number of aromatic nitrogens is 1. The largest absolute Gasteiger partial charge is 0.457 e. The Morgan fingerprint density at radius 2 is 2.10 bits per heavy atom. The van der Waals surface area contributed by atoms with Crippen LogP contribution in [0.1, 0.15) is 37.4 Å². The lowest BCUT2D eigenvalue weighted by Crippen LogP contribution is -2.12. The third-order valence-corrected chi connectivity index (χ3v) is 3.30. The Kier molecular flexibility index (Phi) is 4.35. The molecule has 0 saturated heterocycles. The molecule has 0 amide bonds. The Morgan fingerprint density at radius 3 is 2.80 bits per heavy atom. The molecular weight excluding hydrogens is 250 g/mol. The number of hydrogen-bond donors (Lipinski definition) is 2. The molecule has 3 N–H and O–H groups in total. The molecule has 2 rings (SSSR count). The number of hydrogen-bond acceptors (Lipinski definition) is 3. The Morgan fingerprint density at radius 1 is 1.35 bits per heavy atom. The first-order valence-electron chi connectivity index (χ1n) is 6.69. The molecule has 1 atom stereocenters. The van der Waals surface area contributed by atoms with Crippen LogP contribution in [0.25, 0.3) is 0 Å². The fraction of sp³-hybridized carbons (Fsp3) is 0.250. The van der Waals surface area contributed by atoms with Crippen molar-refractivity contribution in [2.45, 2.75) is 26.2 Å². The molecule has 0 bridgehead atoms. The van der Waals surface area contributed by atoms with Gasteiger partial charge in [-0.05, 0) is 30.0 Å². The zero-order chi connectivity index (χ0) is 14.5. The predicted octanol–water partition coefficient (Wildman–Crippen LogP) is 3.67. The second-order valence-electron chi connectivity index (χ2n) is 4.74. The standard InChI is InChI=1S/C16H19N3O/c1-3-11(2)13-6-4-5-7-15(13)20-12-8-9-19-14(10-12)16(17)18/h4-11H,3H2,1-2H3,(H3,17,18). The minimum atomic E-state index is -0.0642. The normalized spacial score (nSPS) is 11.9. The van der Waals surface area contributed by atoms with Gasteiger partial charge in [0.15, 0.2) is 0 Å². The van der Waals surface area contributed by atoms with Crippen molar-refractivity contribution in [3.05, 3.63) is 53.9 Å². The zero-order valence-electron chi connectivity index (χ0n) is 11.8. The molecular formula is C16H19N3O. The highest BCUT2D eigenvalue weighted by atomic mass is 16.5. The number of ether oxygens (including phenoxy) is 1. The van der Waals surface area contributed by atoms with Gasteiger partial charge in [0.05, 0.1) is 0 Å². The van der Waals surface area contributed by atoms with Gasteiger partial charge in [-0.2, -0.15) is 0 Å². The molecule has 0 aliphatic heterocycles. The Bertz CT molecular complexity index is 610. The lowest BCUT2D eigenvalue weighted by molar-refractivity contribution is 0.469. The quantitative estimate of drug-likeness (QED) is 0.642. The molecule has 4 heteroatoms. The van der Waals surface area contributed by atoms with Gasteiger partial charge in [0, 0.05) is 12.3 Å². The van der Waals surface area contributed by atoms with Crippen molar-refractivity contribution in [3.63, 3.8) is 0 Å². The van der Waals surface area contributed by atoms with E-state index in [0.717, 1.165) is 12.2 Å². The monoisotopic (exact) mass is 269 g/mol. The lowest BCUT2D eigenvalue weighted by Gasteiger charge is -2.15. The summed E-state index contributed by atoms with van der Waals surface area (Å²) >= 11 is 0. The fourth-order valence-electron chi connectivity index (χ4n) is 1.95. The number of para-hydroxylation sites is 1. The van der Waals surface area contributed by atoms with E-state index in [9.17, 15) is 0 Å². The summed E-state index contributed by atoms with van der Waals surface area (Å²) in [5.41, 5.74) is 7.04. The topological polar surface area (TPSA) is 72.0 Å². The first-order valence-corrected chi connectivity index (χ1v) is 6.69. The molecule has 1 unspecified atom stereocenters. The average molecular weight is 269 g/mol. The zero-order valence-corrected chi connectivity index (χ0v) is 11.8. The van der Waals surface area contributed by atoms with Gasteiger partial charge in [-0.3, -0.25) is 10.4 Å². The maximum absolute atomic E-state index is 7.41. The summed E-state index contributed by atoms with van der Waals surface area (Å²) in [4.78, 5) is 4.02. The van der Waals surface area contributed by atoms with Crippen molar-refractivity contribution in [2.24, 2.45) is 5.73 Å². The second kappa shape index (κ2) is 6.19. The van der Waals surface area contributed by atoms with E-state index in [-0.39, 0.29) is 5.84 Å². The maximum Gasteiger partial charge on any atom is 0.141 e. The molecule has 0 aliphatic rings. The number of nitrogen functional groups attached to an aromatic ring is 1. The highest BCUT2D eigenvalue weighted by Gasteiger charge is 2.10. The molecule has 1 aromatic heterocycles. The summed E-state index contributed by atoms with van der Waals surface area (Å²) in [6.45, 7) is 4.33. The number of amidine groups is 1. The molecule has 0 saturated carbocycles. The van der Waals surface area contributed by atoms with Crippen molar-refractivity contribution < 1.29 is 4.74 Å². The summed E-state index contributed by atoms with van der Waals surface area (Å²) in [5, 5.41) is 7.41. The van der Waals surface area contributed by atoms with Crippen molar-refractivity contribution in [2.75, 3.05) is 0 Å². The van der Waals surface area contributed by atoms with Gasteiger partial charge in [0.25, 0.3) is 0 Å². The van der Waals surface area contributed by atoms with Crippen molar-refractivity contribution in [1.29, 1.82) is 5.41 Å². The Balaban J connectivity index is 2.30. The van der Waals surface area contributed by atoms with Gasteiger partial charge in [-0.1, -0.05) is 32.0 Å². The van der Waals surface area contributed by atoms with Crippen LogP contribution in [-0.2, 0) is 0 Å². The SMILES string of the molecule is CCC(C)c1ccccc1Oc1ccnc(C(=N)N)c1. The summed E-state index contributed by atoms with van der Waals surface area (Å²) in [5.74, 6) is 1.84. The minimum absolute atomic E-state index is 0.0642. The van der Waals surface area contributed by atoms with E-state index in [4.69, 9.17) is 15.9 Å². The van der Waals surface area contributed by atoms with Gasteiger partial charge >= 0.3 is 0 Å². The van der Waals surface area contributed by atoms with Crippen molar-refractivity contribution >= 4 is 5.84 Å². The minimum Gasteiger partial charge on any atom is -0.457 e. The highest BCUT2D eigenvalue weighted by molar-refractivity contribution is 5.93. The molecule has 1 aromatic carbocycles. The van der Waals surface area contributed by atoms with Gasteiger partial charge in [-0.15, -0.1) is 0 Å². The van der Waals surface area contributed by atoms with Crippen LogP contribution in [-0.4, -0.2) is 10.8 Å². The van der Waals surface area contributed by atoms with E-state index in [1.54, 1.807) is 18.3 Å². The molecule has 0 radical (unpaired) electrons. The average Bonchev–Trinajstić information content (AvgIpc) is 2.47. The first kappa shape index (κ1) is 14.1. The number of benzene rings is 1. The van der Waals surface area contributed by atoms with E-state index in [1.165, 1.54) is 5.56 Å². The van der Waals surface area contributed by atoms with Crippen molar-refractivity contribution in [3.8, 4) is 11.5 Å². The third-order valence-electron chi connectivity index (χ3n) is 3.30. The Labute approximate surface area is 119 Å². The summed E-state index contributed by atoms with van der Waals surface area (Å²) in [7, 11) is 0. The number of rotatable bonds is 5. The number of nitrogens with two attached hydrogens (primary N) is 1. The van der Waals surface area contributed by atoms with E-state index in [2.05, 4.69) is 24.9 Å².